The normalized spacial score (nSPS) is 12.8. The largest absolute Gasteiger partial charge is 0.478 e. The molecule has 0 saturated heterocycles. The fourth-order valence-electron chi connectivity index (χ4n) is 2.72. The van der Waals surface area contributed by atoms with Gasteiger partial charge in [0.1, 0.15) is 0 Å². The molecular formula is C19H12BrNO4. The van der Waals surface area contributed by atoms with Crippen LogP contribution in [0, 0.1) is 0 Å². The maximum absolute atomic E-state index is 11.5. The van der Waals surface area contributed by atoms with Gasteiger partial charge in [-0.3, -0.25) is 0 Å². The molecule has 2 aromatic carbocycles. The molecular weight excluding hydrogens is 386 g/mol. The molecule has 1 aromatic heterocycles. The molecule has 0 bridgehead atoms. The van der Waals surface area contributed by atoms with Crippen molar-refractivity contribution in [1.82, 2.24) is 4.98 Å². The smallest absolute Gasteiger partial charge is 0.336 e. The highest BCUT2D eigenvalue weighted by Crippen LogP contribution is 2.40. The highest BCUT2D eigenvalue weighted by Gasteiger charge is 2.17. The van der Waals surface area contributed by atoms with Crippen molar-refractivity contribution in [2.45, 2.75) is 0 Å². The summed E-state index contributed by atoms with van der Waals surface area (Å²) in [6, 6.07) is 12.5. The number of fused-ring (bicyclic) bond motifs is 2. The lowest BCUT2D eigenvalue weighted by Gasteiger charge is -2.04. The van der Waals surface area contributed by atoms with Crippen molar-refractivity contribution in [3.63, 3.8) is 0 Å². The number of carboxylic acid groups (broad SMARTS) is 1. The van der Waals surface area contributed by atoms with Crippen LogP contribution in [0.25, 0.3) is 23.1 Å². The van der Waals surface area contributed by atoms with E-state index in [9.17, 15) is 9.90 Å². The SMILES string of the molecule is O=C(O)c1cc(/C=C/c2cc(Br)c3c(c2)OCO3)nc2ccccc12. The molecule has 6 heteroatoms. The second-order valence-corrected chi connectivity index (χ2v) is 6.34. The first-order chi connectivity index (χ1) is 12.1. The molecule has 0 spiro atoms. The second kappa shape index (κ2) is 6.22. The Balaban J connectivity index is 1.75. The van der Waals surface area contributed by atoms with Crippen LogP contribution in [-0.2, 0) is 0 Å². The number of rotatable bonds is 3. The summed E-state index contributed by atoms with van der Waals surface area (Å²) in [5.41, 5.74) is 2.35. The Hall–Kier alpha value is -2.86. The number of hydrogen-bond acceptors (Lipinski definition) is 4. The average molecular weight is 398 g/mol. The summed E-state index contributed by atoms with van der Waals surface area (Å²) in [7, 11) is 0. The summed E-state index contributed by atoms with van der Waals surface area (Å²) in [4.78, 5) is 16.0. The predicted octanol–water partition coefficient (Wildman–Crippen LogP) is 4.59. The molecule has 1 N–H and O–H groups in total. The van der Waals surface area contributed by atoms with Crippen LogP contribution in [0.5, 0.6) is 11.5 Å². The van der Waals surface area contributed by atoms with Gasteiger partial charge >= 0.3 is 5.97 Å². The Morgan fingerprint density at radius 2 is 2.00 bits per heavy atom. The van der Waals surface area contributed by atoms with Crippen molar-refractivity contribution < 1.29 is 19.4 Å². The zero-order chi connectivity index (χ0) is 17.4. The van der Waals surface area contributed by atoms with Crippen LogP contribution >= 0.6 is 15.9 Å². The number of aromatic nitrogens is 1. The minimum Gasteiger partial charge on any atom is -0.478 e. The first-order valence-corrected chi connectivity index (χ1v) is 8.31. The van der Waals surface area contributed by atoms with Crippen molar-refractivity contribution in [2.75, 3.05) is 6.79 Å². The Labute approximate surface area is 151 Å². The molecule has 0 atom stereocenters. The number of halogens is 1. The molecule has 0 fully saturated rings. The van der Waals surface area contributed by atoms with Crippen LogP contribution in [0.1, 0.15) is 21.6 Å². The van der Waals surface area contributed by atoms with Gasteiger partial charge < -0.3 is 14.6 Å². The van der Waals surface area contributed by atoms with Gasteiger partial charge in [0.15, 0.2) is 11.5 Å². The number of nitrogens with zero attached hydrogens (tertiary/aromatic N) is 1. The Bertz CT molecular complexity index is 1030. The third-order valence-electron chi connectivity index (χ3n) is 3.86. The van der Waals surface area contributed by atoms with Crippen LogP contribution in [0.3, 0.4) is 0 Å². The van der Waals surface area contributed by atoms with E-state index in [4.69, 9.17) is 9.47 Å². The number of aromatic carboxylic acids is 1. The molecule has 25 heavy (non-hydrogen) atoms. The van der Waals surface area contributed by atoms with E-state index >= 15 is 0 Å². The first kappa shape index (κ1) is 15.7. The third-order valence-corrected chi connectivity index (χ3v) is 4.45. The fraction of sp³-hybridized carbons (Fsp3) is 0.0526. The van der Waals surface area contributed by atoms with Crippen molar-refractivity contribution >= 4 is 45.0 Å². The summed E-state index contributed by atoms with van der Waals surface area (Å²) in [6.45, 7) is 0.204. The molecule has 124 valence electrons. The molecule has 0 aliphatic carbocycles. The van der Waals surface area contributed by atoms with Gasteiger partial charge in [-0.1, -0.05) is 24.3 Å². The van der Waals surface area contributed by atoms with Crippen molar-refractivity contribution in [3.8, 4) is 11.5 Å². The van der Waals surface area contributed by atoms with Crippen LogP contribution < -0.4 is 9.47 Å². The van der Waals surface area contributed by atoms with Crippen LogP contribution in [0.2, 0.25) is 0 Å². The first-order valence-electron chi connectivity index (χ1n) is 7.52. The summed E-state index contributed by atoms with van der Waals surface area (Å²) in [6.07, 6.45) is 3.64. The third kappa shape index (κ3) is 2.96. The van der Waals surface area contributed by atoms with Gasteiger partial charge in [0.2, 0.25) is 6.79 Å². The van der Waals surface area contributed by atoms with Crippen molar-refractivity contribution in [2.24, 2.45) is 0 Å². The molecule has 5 nitrogen and oxygen atoms in total. The van der Waals surface area contributed by atoms with Gasteiger partial charge in [-0.15, -0.1) is 0 Å². The standard InChI is InChI=1S/C19H12BrNO4/c20-15-7-11(8-17-18(15)25-10-24-17)5-6-12-9-14(19(22)23)13-3-1-2-4-16(13)21-12/h1-9H,10H2,(H,22,23)/b6-5+. The molecule has 0 unspecified atom stereocenters. The zero-order valence-corrected chi connectivity index (χ0v) is 14.5. The number of carboxylic acids is 1. The van der Waals surface area contributed by atoms with E-state index in [2.05, 4.69) is 20.9 Å². The van der Waals surface area contributed by atoms with E-state index in [1.54, 1.807) is 30.3 Å². The van der Waals surface area contributed by atoms with E-state index in [0.29, 0.717) is 28.1 Å². The van der Waals surface area contributed by atoms with E-state index in [0.717, 1.165) is 10.0 Å². The van der Waals surface area contributed by atoms with Gasteiger partial charge in [0.05, 0.1) is 21.2 Å². The zero-order valence-electron chi connectivity index (χ0n) is 12.9. The van der Waals surface area contributed by atoms with E-state index in [1.807, 2.05) is 24.3 Å². The predicted molar refractivity (Wildman–Crippen MR) is 97.9 cm³/mol. The molecule has 2 heterocycles. The van der Waals surface area contributed by atoms with Crippen molar-refractivity contribution in [3.05, 3.63) is 63.8 Å². The number of pyridine rings is 1. The molecule has 1 aliphatic heterocycles. The number of hydrogen-bond donors (Lipinski definition) is 1. The highest BCUT2D eigenvalue weighted by molar-refractivity contribution is 9.10. The molecule has 0 amide bonds. The van der Waals surface area contributed by atoms with Gasteiger partial charge in [-0.25, -0.2) is 9.78 Å². The number of ether oxygens (including phenoxy) is 2. The Morgan fingerprint density at radius 3 is 2.84 bits per heavy atom. The minimum atomic E-state index is -0.973. The summed E-state index contributed by atoms with van der Waals surface area (Å²) in [5, 5.41) is 10.1. The Kier molecular flexibility index (Phi) is 3.89. The lowest BCUT2D eigenvalue weighted by atomic mass is 10.1. The quantitative estimate of drug-likeness (QED) is 0.699. The van der Waals surface area contributed by atoms with Crippen molar-refractivity contribution in [1.29, 1.82) is 0 Å². The monoisotopic (exact) mass is 397 g/mol. The maximum Gasteiger partial charge on any atom is 0.336 e. The lowest BCUT2D eigenvalue weighted by Crippen LogP contribution is -2.00. The van der Waals surface area contributed by atoms with Gasteiger partial charge in [0.25, 0.3) is 0 Å². The molecule has 0 radical (unpaired) electrons. The van der Waals surface area contributed by atoms with Gasteiger partial charge in [-0.2, -0.15) is 0 Å². The number of benzene rings is 2. The molecule has 3 aromatic rings. The fourth-order valence-corrected chi connectivity index (χ4v) is 3.30. The summed E-state index contributed by atoms with van der Waals surface area (Å²) in [5.74, 6) is 0.389. The van der Waals surface area contributed by atoms with Crippen LogP contribution in [0.15, 0.2) is 46.9 Å². The number of para-hydroxylation sites is 1. The Morgan fingerprint density at radius 1 is 1.16 bits per heavy atom. The van der Waals surface area contributed by atoms with Gasteiger partial charge in [-0.05, 0) is 51.8 Å². The van der Waals surface area contributed by atoms with E-state index in [-0.39, 0.29) is 12.4 Å². The average Bonchev–Trinajstić information content (AvgIpc) is 3.08. The second-order valence-electron chi connectivity index (χ2n) is 5.49. The number of carbonyl (C=O) groups is 1. The molecule has 1 aliphatic rings. The van der Waals surface area contributed by atoms with Crippen LogP contribution in [-0.4, -0.2) is 22.9 Å². The van der Waals surface area contributed by atoms with E-state index in [1.165, 1.54) is 0 Å². The maximum atomic E-state index is 11.5. The summed E-state index contributed by atoms with van der Waals surface area (Å²) < 4.78 is 11.6. The van der Waals surface area contributed by atoms with Gasteiger partial charge in [0, 0.05) is 5.39 Å². The van der Waals surface area contributed by atoms with E-state index < -0.39 is 5.97 Å². The molecule has 0 saturated carbocycles. The summed E-state index contributed by atoms with van der Waals surface area (Å²) >= 11 is 3.46. The minimum absolute atomic E-state index is 0.204. The topological polar surface area (TPSA) is 68.7 Å². The lowest BCUT2D eigenvalue weighted by molar-refractivity contribution is 0.0699. The molecule has 4 rings (SSSR count). The highest BCUT2D eigenvalue weighted by atomic mass is 79.9. The van der Waals surface area contributed by atoms with Crippen LogP contribution in [0.4, 0.5) is 0 Å².